The highest BCUT2D eigenvalue weighted by Crippen LogP contribution is 2.34. The van der Waals surface area contributed by atoms with Crippen LogP contribution in [-0.4, -0.2) is 19.6 Å². The van der Waals surface area contributed by atoms with Crippen LogP contribution in [0, 0.1) is 0 Å². The van der Waals surface area contributed by atoms with Crippen LogP contribution < -0.4 is 11.1 Å². The fourth-order valence-electron chi connectivity index (χ4n) is 1.78. The minimum absolute atomic E-state index is 0.0738. The predicted octanol–water partition coefficient (Wildman–Crippen LogP) is 3.03. The molecule has 1 unspecified atom stereocenters. The van der Waals surface area contributed by atoms with Crippen molar-refractivity contribution in [2.24, 2.45) is 5.73 Å². The van der Waals surface area contributed by atoms with E-state index < -0.39 is 23.8 Å². The molecule has 0 aromatic heterocycles. The van der Waals surface area contributed by atoms with Crippen molar-refractivity contribution >= 4 is 17.6 Å². The van der Waals surface area contributed by atoms with E-state index in [2.05, 4.69) is 16.6 Å². The van der Waals surface area contributed by atoms with Crippen LogP contribution in [0.3, 0.4) is 0 Å². The van der Waals surface area contributed by atoms with Gasteiger partial charge in [0.05, 0.1) is 25.1 Å². The molecule has 122 valence electrons. The number of carbonyl (C=O) groups is 1. The summed E-state index contributed by atoms with van der Waals surface area (Å²) in [5.74, 6) is -0.587. The van der Waals surface area contributed by atoms with Crippen LogP contribution >= 0.6 is 11.6 Å². The quantitative estimate of drug-likeness (QED) is 0.784. The maximum absolute atomic E-state index is 12.9. The molecule has 0 amide bonds. The molecule has 0 aliphatic carbocycles. The van der Waals surface area contributed by atoms with E-state index in [4.69, 9.17) is 17.3 Å². The number of esters is 1. The number of alkyl halides is 3. The van der Waals surface area contributed by atoms with Crippen molar-refractivity contribution in [1.29, 1.82) is 0 Å². The van der Waals surface area contributed by atoms with Crippen LogP contribution in [0.25, 0.3) is 0 Å². The van der Waals surface area contributed by atoms with Crippen LogP contribution in [0.4, 0.5) is 13.2 Å². The van der Waals surface area contributed by atoms with Gasteiger partial charge < -0.3 is 15.8 Å². The van der Waals surface area contributed by atoms with Crippen LogP contribution in [0.5, 0.6) is 0 Å². The van der Waals surface area contributed by atoms with E-state index in [1.54, 1.807) is 0 Å². The number of ether oxygens (including phenoxy) is 1. The van der Waals surface area contributed by atoms with Crippen molar-refractivity contribution in [3.05, 3.63) is 46.6 Å². The summed E-state index contributed by atoms with van der Waals surface area (Å²) in [6.07, 6.45) is -4.73. The van der Waals surface area contributed by atoms with Gasteiger partial charge in [-0.1, -0.05) is 18.2 Å². The van der Waals surface area contributed by atoms with Gasteiger partial charge in [-0.05, 0) is 23.8 Å². The van der Waals surface area contributed by atoms with Crippen molar-refractivity contribution in [3.63, 3.8) is 0 Å². The molecular weight excluding hydrogens is 321 g/mol. The summed E-state index contributed by atoms with van der Waals surface area (Å²) in [4.78, 5) is 11.5. The van der Waals surface area contributed by atoms with Crippen molar-refractivity contribution in [2.45, 2.75) is 18.6 Å². The van der Waals surface area contributed by atoms with Gasteiger partial charge >= 0.3 is 12.1 Å². The minimum Gasteiger partial charge on any atom is -0.469 e. The van der Waals surface area contributed by atoms with E-state index in [-0.39, 0.29) is 23.6 Å². The fourth-order valence-corrected chi connectivity index (χ4v) is 2.03. The van der Waals surface area contributed by atoms with Crippen molar-refractivity contribution in [3.8, 4) is 0 Å². The van der Waals surface area contributed by atoms with Gasteiger partial charge in [-0.25, -0.2) is 0 Å². The van der Waals surface area contributed by atoms with Gasteiger partial charge in [-0.2, -0.15) is 13.2 Å². The third kappa shape index (κ3) is 5.23. The molecule has 8 heteroatoms. The third-order valence-electron chi connectivity index (χ3n) is 2.87. The Hall–Kier alpha value is -1.73. The first-order chi connectivity index (χ1) is 10.2. The number of methoxy groups -OCH3 is 1. The zero-order valence-electron chi connectivity index (χ0n) is 11.8. The molecule has 0 saturated carbocycles. The van der Waals surface area contributed by atoms with Gasteiger partial charge in [0.25, 0.3) is 0 Å². The number of carbonyl (C=O) groups excluding carboxylic acids is 1. The maximum Gasteiger partial charge on any atom is 0.416 e. The number of benzene rings is 1. The summed E-state index contributed by atoms with van der Waals surface area (Å²) >= 11 is 5.75. The van der Waals surface area contributed by atoms with Gasteiger partial charge in [0, 0.05) is 17.3 Å². The topological polar surface area (TPSA) is 64.3 Å². The highest BCUT2D eigenvalue weighted by Gasteiger charge is 2.32. The molecule has 1 aromatic carbocycles. The minimum atomic E-state index is -4.54. The standard InChI is InChI=1S/C14H16ClF3N2O2/c1-8(7-19)20-12(6-13(21)22-2)9-3-10(14(16,17)18)5-11(15)4-9/h3-5,12,20H,1,6-7,19H2,2H3. The number of halogens is 4. The predicted molar refractivity (Wildman–Crippen MR) is 77.2 cm³/mol. The Kier molecular flexibility index (Phi) is 6.25. The van der Waals surface area contributed by atoms with Gasteiger partial charge in [0.2, 0.25) is 0 Å². The number of hydrogen-bond acceptors (Lipinski definition) is 4. The molecule has 0 bridgehead atoms. The highest BCUT2D eigenvalue weighted by molar-refractivity contribution is 6.30. The molecule has 0 aliphatic heterocycles. The van der Waals surface area contributed by atoms with E-state index >= 15 is 0 Å². The second-order valence-electron chi connectivity index (χ2n) is 4.56. The molecule has 4 nitrogen and oxygen atoms in total. The Morgan fingerprint density at radius 1 is 1.45 bits per heavy atom. The molecule has 0 aliphatic rings. The Bertz CT molecular complexity index is 544. The molecule has 3 N–H and O–H groups in total. The van der Waals surface area contributed by atoms with E-state index in [1.807, 2.05) is 0 Å². The molecule has 1 atom stereocenters. The zero-order valence-corrected chi connectivity index (χ0v) is 12.6. The Labute approximate surface area is 131 Å². The average molecular weight is 337 g/mol. The largest absolute Gasteiger partial charge is 0.469 e. The van der Waals surface area contributed by atoms with Crippen LogP contribution in [-0.2, 0) is 15.7 Å². The summed E-state index contributed by atoms with van der Waals surface area (Å²) in [5, 5.41) is 2.72. The van der Waals surface area contributed by atoms with Crippen LogP contribution in [0.2, 0.25) is 5.02 Å². The summed E-state index contributed by atoms with van der Waals surface area (Å²) in [5.41, 5.74) is 5.08. The smallest absolute Gasteiger partial charge is 0.416 e. The maximum atomic E-state index is 12.9. The van der Waals surface area contributed by atoms with Gasteiger partial charge in [0.15, 0.2) is 0 Å². The number of nitrogens with one attached hydrogen (secondary N) is 1. The lowest BCUT2D eigenvalue weighted by Gasteiger charge is -2.21. The fraction of sp³-hybridized carbons (Fsp3) is 0.357. The molecule has 22 heavy (non-hydrogen) atoms. The second-order valence-corrected chi connectivity index (χ2v) is 4.99. The molecule has 0 spiro atoms. The second kappa shape index (κ2) is 7.51. The van der Waals surface area contributed by atoms with E-state index in [1.165, 1.54) is 13.2 Å². The molecule has 0 fully saturated rings. The van der Waals surface area contributed by atoms with Gasteiger partial charge in [0.1, 0.15) is 0 Å². The molecular formula is C14H16ClF3N2O2. The summed E-state index contributed by atoms with van der Waals surface area (Å²) < 4.78 is 43.1. The third-order valence-corrected chi connectivity index (χ3v) is 3.09. The monoisotopic (exact) mass is 336 g/mol. The number of rotatable bonds is 6. The van der Waals surface area contributed by atoms with Crippen LogP contribution in [0.1, 0.15) is 23.6 Å². The lowest BCUT2D eigenvalue weighted by molar-refractivity contribution is -0.141. The average Bonchev–Trinajstić information content (AvgIpc) is 2.44. The van der Waals surface area contributed by atoms with Crippen molar-refractivity contribution in [2.75, 3.05) is 13.7 Å². The summed E-state index contributed by atoms with van der Waals surface area (Å²) in [7, 11) is 1.19. The van der Waals surface area contributed by atoms with E-state index in [0.717, 1.165) is 12.1 Å². The molecule has 0 radical (unpaired) electrons. The van der Waals surface area contributed by atoms with Crippen LogP contribution in [0.15, 0.2) is 30.5 Å². The normalized spacial score (nSPS) is 12.6. The van der Waals surface area contributed by atoms with Gasteiger partial charge in [-0.3, -0.25) is 4.79 Å². The lowest BCUT2D eigenvalue weighted by Crippen LogP contribution is -2.27. The summed E-state index contributed by atoms with van der Waals surface area (Å²) in [6.45, 7) is 3.70. The number of nitrogens with two attached hydrogens (primary N) is 1. The SMILES string of the molecule is C=C(CN)NC(CC(=O)OC)c1cc(Cl)cc(C(F)(F)F)c1. The Balaban J connectivity index is 3.20. The van der Waals surface area contributed by atoms with E-state index in [0.29, 0.717) is 5.70 Å². The lowest BCUT2D eigenvalue weighted by atomic mass is 10.0. The Morgan fingerprint density at radius 2 is 2.09 bits per heavy atom. The molecule has 0 saturated heterocycles. The highest BCUT2D eigenvalue weighted by atomic mass is 35.5. The first kappa shape index (κ1) is 18.3. The molecule has 1 aromatic rings. The van der Waals surface area contributed by atoms with Gasteiger partial charge in [-0.15, -0.1) is 0 Å². The number of hydrogen-bond donors (Lipinski definition) is 2. The van der Waals surface area contributed by atoms with Crippen molar-refractivity contribution < 1.29 is 22.7 Å². The first-order valence-electron chi connectivity index (χ1n) is 6.26. The Morgan fingerprint density at radius 3 is 2.59 bits per heavy atom. The zero-order chi connectivity index (χ0) is 16.9. The molecule has 0 heterocycles. The summed E-state index contributed by atoms with van der Waals surface area (Å²) in [6, 6.07) is 2.32. The first-order valence-corrected chi connectivity index (χ1v) is 6.64. The van der Waals surface area contributed by atoms with E-state index in [9.17, 15) is 18.0 Å². The van der Waals surface area contributed by atoms with Crippen molar-refractivity contribution in [1.82, 2.24) is 5.32 Å². The molecule has 1 rings (SSSR count).